The molecule has 3 N–H and O–H groups in total. The molecule has 0 saturated carbocycles. The molecular weight excluding hydrogens is 845 g/mol. The summed E-state index contributed by atoms with van der Waals surface area (Å²) in [4.78, 5) is 57.7. The number of fused-ring (bicyclic) bond motifs is 5. The van der Waals surface area contributed by atoms with E-state index in [0.29, 0.717) is 15.4 Å². The molecule has 19 heteroatoms. The minimum Gasteiger partial charge on any atom is -0.462 e. The van der Waals surface area contributed by atoms with Gasteiger partial charge in [-0.2, -0.15) is 0 Å². The number of Topliss-reactive ketones (excluding diaryl/α,β-unsaturated/α-hetero) is 1. The van der Waals surface area contributed by atoms with Crippen LogP contribution in [0.4, 0.5) is 20.2 Å². The Balaban J connectivity index is 0.000000210. The van der Waals surface area contributed by atoms with Gasteiger partial charge in [0.1, 0.15) is 21.9 Å². The van der Waals surface area contributed by atoms with Crippen LogP contribution in [0.15, 0.2) is 75.3 Å². The van der Waals surface area contributed by atoms with E-state index < -0.39 is 39.9 Å². The zero-order valence-corrected chi connectivity index (χ0v) is 35.1. The Bertz CT molecular complexity index is 2600. The number of esters is 2. The molecule has 6 rings (SSSR count). The average molecular weight is 880 g/mol. The number of rotatable bonds is 9. The Hall–Kier alpha value is -4.87. The lowest BCUT2D eigenvalue weighted by Gasteiger charge is -2.11. The van der Waals surface area contributed by atoms with Crippen molar-refractivity contribution in [1.82, 2.24) is 18.9 Å². The highest BCUT2D eigenvalue weighted by atomic mass is 35.5. The molecule has 4 aromatic heterocycles. The monoisotopic (exact) mass is 878 g/mol. The van der Waals surface area contributed by atoms with E-state index in [1.165, 1.54) is 23.5 Å². The number of carbonyl (C=O) groups is 3. The maximum atomic E-state index is 14.0. The van der Waals surface area contributed by atoms with Gasteiger partial charge in [-0.1, -0.05) is 59.1 Å². The predicted octanol–water partition coefficient (Wildman–Crippen LogP) is 8.83. The number of hydrogen-bond acceptors (Lipinski definition) is 12. The van der Waals surface area contributed by atoms with E-state index in [0.717, 1.165) is 29.0 Å². The van der Waals surface area contributed by atoms with Crippen molar-refractivity contribution in [2.45, 2.75) is 13.8 Å². The third-order valence-electron chi connectivity index (χ3n) is 7.96. The fraction of sp³-hybridized carbons (Fsp3) is 0.211. The van der Waals surface area contributed by atoms with Gasteiger partial charge in [0.25, 0.3) is 0 Å². The predicted molar refractivity (Wildman–Crippen MR) is 226 cm³/mol. The molecule has 300 valence electrons. The van der Waals surface area contributed by atoms with Gasteiger partial charge >= 0.3 is 11.9 Å². The van der Waals surface area contributed by atoms with E-state index in [4.69, 9.17) is 50.0 Å². The first kappa shape index (κ1) is 44.8. The standard InChI is InChI=1S/C18H13ClFN3O3.C13H12Cl2FNO3S2.C7H10N2/c1-3-26-18(25)13-14(24)9-8-10(20)15(19)21-16(9)23-12-7-5-4-6-11(12)22(2)17(13)23;1-4-20-12(19)8(13(21-2)22-3)9(18)6-5-7(16)11(15)17-10(6)14;1-9-7-5-3-2-4-6(7)8/h4-8H,3H2,1-2H3;5H,4H2,1-3H3;2-5,9H,8H2,1H3. The number of nitrogens with two attached hydrogens (primary N) is 1. The van der Waals surface area contributed by atoms with Gasteiger partial charge in [-0.05, 0) is 62.8 Å². The lowest BCUT2D eigenvalue weighted by Crippen LogP contribution is -2.22. The number of nitrogen functional groups attached to an aromatic ring is 1. The quantitative estimate of drug-likeness (QED) is 0.0271. The van der Waals surface area contributed by atoms with Crippen molar-refractivity contribution in [2.75, 3.05) is 43.8 Å². The van der Waals surface area contributed by atoms with Crippen LogP contribution >= 0.6 is 58.3 Å². The summed E-state index contributed by atoms with van der Waals surface area (Å²) in [5.41, 5.74) is 8.06. The van der Waals surface area contributed by atoms with Crippen molar-refractivity contribution in [2.24, 2.45) is 7.05 Å². The number of carbonyl (C=O) groups excluding carboxylic acids is 3. The van der Waals surface area contributed by atoms with Gasteiger partial charge in [-0.25, -0.2) is 28.3 Å². The summed E-state index contributed by atoms with van der Waals surface area (Å²) in [7, 11) is 3.59. The largest absolute Gasteiger partial charge is 0.462 e. The second kappa shape index (κ2) is 20.0. The minimum absolute atomic E-state index is 0.0381. The number of para-hydroxylation sites is 4. The molecule has 2 aromatic carbocycles. The lowest BCUT2D eigenvalue weighted by atomic mass is 10.1. The minimum atomic E-state index is -0.896. The molecule has 0 spiro atoms. The number of thioether (sulfide) groups is 2. The summed E-state index contributed by atoms with van der Waals surface area (Å²) in [5, 5.41) is 1.86. The van der Waals surface area contributed by atoms with E-state index in [9.17, 15) is 28.0 Å². The first-order valence-electron chi connectivity index (χ1n) is 16.7. The van der Waals surface area contributed by atoms with Crippen LogP contribution in [-0.4, -0.2) is 69.4 Å². The number of anilines is 2. The smallest absolute Gasteiger partial charge is 0.345 e. The third kappa shape index (κ3) is 9.64. The van der Waals surface area contributed by atoms with Gasteiger partial charge < -0.3 is 25.1 Å². The Morgan fingerprint density at radius 2 is 1.44 bits per heavy atom. The fourth-order valence-corrected chi connectivity index (χ4v) is 7.42. The summed E-state index contributed by atoms with van der Waals surface area (Å²) in [6.45, 7) is 3.48. The van der Waals surface area contributed by atoms with E-state index in [-0.39, 0.29) is 51.3 Å². The number of aryl methyl sites for hydroxylation is 1. The number of imidazole rings is 1. The van der Waals surface area contributed by atoms with Crippen molar-refractivity contribution in [3.63, 3.8) is 0 Å². The summed E-state index contributed by atoms with van der Waals surface area (Å²) in [6.07, 6.45) is 3.42. The van der Waals surface area contributed by atoms with Crippen molar-refractivity contribution in [1.29, 1.82) is 0 Å². The number of pyridine rings is 3. The number of nitrogens with zero attached hydrogens (tertiary/aromatic N) is 4. The van der Waals surface area contributed by atoms with Gasteiger partial charge in [0.15, 0.2) is 27.6 Å². The zero-order chi connectivity index (χ0) is 42.1. The highest BCUT2D eigenvalue weighted by Crippen LogP contribution is 2.32. The van der Waals surface area contributed by atoms with Crippen LogP contribution in [0.5, 0.6) is 0 Å². The van der Waals surface area contributed by atoms with E-state index in [1.807, 2.05) is 55.6 Å². The number of ether oxygens (including phenoxy) is 2. The third-order valence-corrected chi connectivity index (χ3v) is 10.9. The molecule has 0 atom stereocenters. The number of benzene rings is 2. The van der Waals surface area contributed by atoms with Crippen LogP contribution in [-0.2, 0) is 21.3 Å². The van der Waals surface area contributed by atoms with Crippen LogP contribution < -0.4 is 16.5 Å². The summed E-state index contributed by atoms with van der Waals surface area (Å²) >= 11 is 19.6. The van der Waals surface area contributed by atoms with Gasteiger partial charge in [-0.15, -0.1) is 23.5 Å². The van der Waals surface area contributed by atoms with Crippen molar-refractivity contribution < 1.29 is 32.6 Å². The summed E-state index contributed by atoms with van der Waals surface area (Å²) in [6, 6.07) is 16.9. The van der Waals surface area contributed by atoms with Crippen LogP contribution in [0.3, 0.4) is 0 Å². The second-order valence-electron chi connectivity index (χ2n) is 11.3. The van der Waals surface area contributed by atoms with Crippen LogP contribution in [0, 0.1) is 11.6 Å². The number of hydrogen-bond donors (Lipinski definition) is 2. The van der Waals surface area contributed by atoms with Crippen molar-refractivity contribution in [3.8, 4) is 0 Å². The lowest BCUT2D eigenvalue weighted by molar-refractivity contribution is -0.138. The molecule has 0 aliphatic carbocycles. The van der Waals surface area contributed by atoms with Gasteiger partial charge in [-0.3, -0.25) is 14.0 Å². The molecule has 0 aliphatic rings. The first-order valence-corrected chi connectivity index (χ1v) is 20.3. The normalized spacial score (nSPS) is 10.6. The van der Waals surface area contributed by atoms with Crippen LogP contribution in [0.1, 0.15) is 34.6 Å². The zero-order valence-electron chi connectivity index (χ0n) is 31.2. The number of nitrogens with one attached hydrogen (secondary N) is 1. The molecule has 0 amide bonds. The fourth-order valence-electron chi connectivity index (χ4n) is 5.45. The van der Waals surface area contributed by atoms with Gasteiger partial charge in [0.05, 0.1) is 50.8 Å². The highest BCUT2D eigenvalue weighted by Gasteiger charge is 2.29. The van der Waals surface area contributed by atoms with E-state index in [2.05, 4.69) is 15.3 Å². The molecule has 0 radical (unpaired) electrons. The first-order chi connectivity index (χ1) is 27.2. The number of halogens is 5. The SMILES string of the molecule is CCOC(=O)C(C(=O)c1cc(F)c(Cl)nc1Cl)=C(SC)SC.CCOC(=O)c1c(=O)c2cc(F)c(Cl)nc2n2c3ccccc3n(C)c12.CNc1ccccc1N. The van der Waals surface area contributed by atoms with Crippen LogP contribution in [0.25, 0.3) is 27.7 Å². The maximum Gasteiger partial charge on any atom is 0.345 e. The second-order valence-corrected chi connectivity index (χ2v) is 14.3. The average Bonchev–Trinajstić information content (AvgIpc) is 3.48. The van der Waals surface area contributed by atoms with Crippen LogP contribution in [0.2, 0.25) is 15.5 Å². The Labute approximate surface area is 348 Å². The Morgan fingerprint density at radius 1 is 0.860 bits per heavy atom. The molecule has 4 heterocycles. The molecular formula is C38H35Cl3F2N6O6S2. The summed E-state index contributed by atoms with van der Waals surface area (Å²) in [5.74, 6) is -4.04. The van der Waals surface area contributed by atoms with Gasteiger partial charge in [0, 0.05) is 14.1 Å². The highest BCUT2D eigenvalue weighted by molar-refractivity contribution is 8.21. The number of ketones is 1. The van der Waals surface area contributed by atoms with Crippen molar-refractivity contribution >= 4 is 115 Å². The molecule has 12 nitrogen and oxygen atoms in total. The Kier molecular flexibility index (Phi) is 15.7. The maximum absolute atomic E-state index is 14.0. The van der Waals surface area contributed by atoms with E-state index in [1.54, 1.807) is 42.4 Å². The molecule has 6 aromatic rings. The molecule has 57 heavy (non-hydrogen) atoms. The topological polar surface area (TPSA) is 160 Å². The van der Waals surface area contributed by atoms with E-state index >= 15 is 0 Å². The number of aromatic nitrogens is 4. The molecule has 0 unspecified atom stereocenters. The Morgan fingerprint density at radius 3 is 2.02 bits per heavy atom. The molecule has 0 fully saturated rings. The molecule has 0 aliphatic heterocycles. The summed E-state index contributed by atoms with van der Waals surface area (Å²) < 4.78 is 41.3. The van der Waals surface area contributed by atoms with Gasteiger partial charge in [0.2, 0.25) is 11.2 Å². The van der Waals surface area contributed by atoms with Crippen molar-refractivity contribution in [3.05, 3.63) is 119 Å². The molecule has 0 saturated heterocycles. The molecule has 0 bridgehead atoms.